The molecule has 0 amide bonds. The molecule has 3 aromatic rings. The normalized spacial score (nSPS) is 11.2. The van der Waals surface area contributed by atoms with E-state index in [1.165, 1.54) is 11.6 Å². The molecule has 0 saturated carbocycles. The molecular formula is C16H15N3O2. The number of fused-ring (bicyclic) bond motifs is 1. The molecule has 1 N–H and O–H groups in total. The first kappa shape index (κ1) is 13.3. The van der Waals surface area contributed by atoms with Crippen LogP contribution in [0.2, 0.25) is 0 Å². The van der Waals surface area contributed by atoms with Crippen LogP contribution >= 0.6 is 0 Å². The van der Waals surface area contributed by atoms with Gasteiger partial charge in [0.2, 0.25) is 0 Å². The van der Waals surface area contributed by atoms with Crippen LogP contribution in [-0.4, -0.2) is 26.1 Å². The van der Waals surface area contributed by atoms with Crippen LogP contribution < -0.4 is 0 Å². The monoisotopic (exact) mass is 281 g/mol. The Morgan fingerprint density at radius 2 is 1.95 bits per heavy atom. The minimum atomic E-state index is -0.997. The maximum absolute atomic E-state index is 11.2. The first-order valence-corrected chi connectivity index (χ1v) is 6.76. The van der Waals surface area contributed by atoms with Crippen molar-refractivity contribution in [1.82, 2.24) is 15.0 Å². The smallest absolute Gasteiger partial charge is 0.338 e. The minimum Gasteiger partial charge on any atom is -0.478 e. The first-order valence-electron chi connectivity index (χ1n) is 6.76. The largest absolute Gasteiger partial charge is 0.478 e. The second-order valence-corrected chi connectivity index (χ2v) is 5.23. The molecule has 5 nitrogen and oxygen atoms in total. The summed E-state index contributed by atoms with van der Waals surface area (Å²) < 4.78 is 1.67. The second-order valence-electron chi connectivity index (χ2n) is 5.23. The maximum Gasteiger partial charge on any atom is 0.338 e. The fraction of sp³-hybridized carbons (Fsp3) is 0.188. The molecule has 106 valence electrons. The van der Waals surface area contributed by atoms with Gasteiger partial charge in [-0.3, -0.25) is 0 Å². The number of hydrogen-bond acceptors (Lipinski definition) is 3. The van der Waals surface area contributed by atoms with Crippen molar-refractivity contribution in [3.8, 4) is 5.69 Å². The van der Waals surface area contributed by atoms with Crippen LogP contribution in [0.5, 0.6) is 0 Å². The molecule has 2 aromatic carbocycles. The topological polar surface area (TPSA) is 68.0 Å². The van der Waals surface area contributed by atoms with Gasteiger partial charge in [0.05, 0.1) is 16.8 Å². The molecule has 1 aromatic heterocycles. The van der Waals surface area contributed by atoms with Crippen molar-refractivity contribution >= 4 is 17.0 Å². The number of carbonyl (C=O) groups is 1. The quantitative estimate of drug-likeness (QED) is 0.800. The molecule has 0 saturated heterocycles. The standard InChI is InChI=1S/C16H15N3O2/c1-10(2)11-5-3-6-12(9-11)19-14-8-4-7-13(16(20)21)15(14)17-18-19/h3-10H,1-2H3,(H,20,21). The zero-order chi connectivity index (χ0) is 15.0. The van der Waals surface area contributed by atoms with Gasteiger partial charge in [-0.05, 0) is 35.7 Å². The Bertz CT molecular complexity index is 821. The third-order valence-electron chi connectivity index (χ3n) is 3.49. The van der Waals surface area contributed by atoms with Gasteiger partial charge < -0.3 is 5.11 Å². The molecule has 0 radical (unpaired) electrons. The molecule has 0 spiro atoms. The summed E-state index contributed by atoms with van der Waals surface area (Å²) in [6.45, 7) is 4.25. The molecule has 0 aliphatic rings. The maximum atomic E-state index is 11.2. The van der Waals surface area contributed by atoms with Crippen LogP contribution in [0, 0.1) is 0 Å². The number of nitrogens with zero attached hydrogens (tertiary/aromatic N) is 3. The summed E-state index contributed by atoms with van der Waals surface area (Å²) in [5.41, 5.74) is 3.34. The van der Waals surface area contributed by atoms with E-state index in [0.717, 1.165) is 5.69 Å². The number of carboxylic acids is 1. The molecule has 0 fully saturated rings. The number of benzene rings is 2. The zero-order valence-corrected chi connectivity index (χ0v) is 11.8. The van der Waals surface area contributed by atoms with Crippen molar-refractivity contribution in [3.63, 3.8) is 0 Å². The van der Waals surface area contributed by atoms with E-state index < -0.39 is 5.97 Å². The predicted molar refractivity (Wildman–Crippen MR) is 79.9 cm³/mol. The fourth-order valence-corrected chi connectivity index (χ4v) is 2.32. The lowest BCUT2D eigenvalue weighted by Gasteiger charge is -2.08. The van der Waals surface area contributed by atoms with E-state index >= 15 is 0 Å². The van der Waals surface area contributed by atoms with Crippen molar-refractivity contribution in [2.45, 2.75) is 19.8 Å². The summed E-state index contributed by atoms with van der Waals surface area (Å²) in [6.07, 6.45) is 0. The molecule has 21 heavy (non-hydrogen) atoms. The van der Waals surface area contributed by atoms with E-state index in [-0.39, 0.29) is 5.56 Å². The molecule has 0 aliphatic heterocycles. The molecule has 0 atom stereocenters. The van der Waals surface area contributed by atoms with Crippen LogP contribution in [-0.2, 0) is 0 Å². The summed E-state index contributed by atoms with van der Waals surface area (Å²) in [5.74, 6) is -0.585. The van der Waals surface area contributed by atoms with Crippen molar-refractivity contribution in [1.29, 1.82) is 0 Å². The fourth-order valence-electron chi connectivity index (χ4n) is 2.32. The SMILES string of the molecule is CC(C)c1cccc(-n2nnc3c(C(=O)O)cccc32)c1. The number of aromatic carboxylic acids is 1. The molecule has 3 rings (SSSR count). The molecule has 0 aliphatic carbocycles. The number of rotatable bonds is 3. The van der Waals surface area contributed by atoms with Crippen molar-refractivity contribution in [2.75, 3.05) is 0 Å². The minimum absolute atomic E-state index is 0.166. The van der Waals surface area contributed by atoms with Gasteiger partial charge in [-0.1, -0.05) is 37.3 Å². The lowest BCUT2D eigenvalue weighted by molar-refractivity contribution is 0.0699. The highest BCUT2D eigenvalue weighted by atomic mass is 16.4. The Morgan fingerprint density at radius 1 is 1.19 bits per heavy atom. The Labute approximate surface area is 121 Å². The Balaban J connectivity index is 2.20. The Morgan fingerprint density at radius 3 is 2.67 bits per heavy atom. The third-order valence-corrected chi connectivity index (χ3v) is 3.49. The zero-order valence-electron chi connectivity index (χ0n) is 11.8. The van der Waals surface area contributed by atoms with E-state index in [1.54, 1.807) is 10.7 Å². The van der Waals surface area contributed by atoms with Crippen LogP contribution in [0.25, 0.3) is 16.7 Å². The summed E-state index contributed by atoms with van der Waals surface area (Å²) in [4.78, 5) is 11.2. The predicted octanol–water partition coefficient (Wildman–Crippen LogP) is 3.24. The summed E-state index contributed by atoms with van der Waals surface area (Å²) in [6, 6.07) is 13.1. The average molecular weight is 281 g/mol. The third kappa shape index (κ3) is 2.27. The van der Waals surface area contributed by atoms with E-state index in [2.05, 4.69) is 30.2 Å². The van der Waals surface area contributed by atoms with Gasteiger partial charge in [0.25, 0.3) is 0 Å². The lowest BCUT2D eigenvalue weighted by Crippen LogP contribution is -1.99. The van der Waals surface area contributed by atoms with Crippen LogP contribution in [0.15, 0.2) is 42.5 Å². The van der Waals surface area contributed by atoms with E-state index in [0.29, 0.717) is 17.0 Å². The van der Waals surface area contributed by atoms with Gasteiger partial charge in [-0.15, -0.1) is 5.10 Å². The highest BCUT2D eigenvalue weighted by Crippen LogP contribution is 2.22. The first-order chi connectivity index (χ1) is 10.1. The number of carboxylic acid groups (broad SMARTS) is 1. The highest BCUT2D eigenvalue weighted by molar-refractivity contribution is 6.00. The van der Waals surface area contributed by atoms with Crippen molar-refractivity contribution < 1.29 is 9.90 Å². The molecular weight excluding hydrogens is 266 g/mol. The summed E-state index contributed by atoms with van der Waals surface area (Å²) in [7, 11) is 0. The van der Waals surface area contributed by atoms with E-state index in [1.807, 2.05) is 24.3 Å². The summed E-state index contributed by atoms with van der Waals surface area (Å²) >= 11 is 0. The number of aromatic nitrogens is 3. The summed E-state index contributed by atoms with van der Waals surface area (Å²) in [5, 5.41) is 17.3. The van der Waals surface area contributed by atoms with Gasteiger partial charge in [-0.2, -0.15) is 0 Å². The Kier molecular flexibility index (Phi) is 3.17. The van der Waals surface area contributed by atoms with Gasteiger partial charge in [0, 0.05) is 0 Å². The van der Waals surface area contributed by atoms with Gasteiger partial charge >= 0.3 is 5.97 Å². The van der Waals surface area contributed by atoms with Gasteiger partial charge in [-0.25, -0.2) is 9.48 Å². The Hall–Kier alpha value is -2.69. The van der Waals surface area contributed by atoms with E-state index in [4.69, 9.17) is 0 Å². The molecule has 0 bridgehead atoms. The van der Waals surface area contributed by atoms with Gasteiger partial charge in [0.15, 0.2) is 0 Å². The lowest BCUT2D eigenvalue weighted by atomic mass is 10.0. The molecule has 0 unspecified atom stereocenters. The molecule has 5 heteroatoms. The highest BCUT2D eigenvalue weighted by Gasteiger charge is 2.14. The van der Waals surface area contributed by atoms with Crippen LogP contribution in [0.4, 0.5) is 0 Å². The van der Waals surface area contributed by atoms with E-state index in [9.17, 15) is 9.90 Å². The van der Waals surface area contributed by atoms with Crippen LogP contribution in [0.1, 0.15) is 35.7 Å². The second kappa shape index (κ2) is 5.01. The average Bonchev–Trinajstić information content (AvgIpc) is 2.91. The van der Waals surface area contributed by atoms with Crippen LogP contribution in [0.3, 0.4) is 0 Å². The number of hydrogen-bond donors (Lipinski definition) is 1. The van der Waals surface area contributed by atoms with Crippen molar-refractivity contribution in [3.05, 3.63) is 53.6 Å². The molecule has 1 heterocycles. The van der Waals surface area contributed by atoms with Crippen molar-refractivity contribution in [2.24, 2.45) is 0 Å². The van der Waals surface area contributed by atoms with Gasteiger partial charge in [0.1, 0.15) is 5.52 Å².